The Morgan fingerprint density at radius 2 is 1.71 bits per heavy atom. The van der Waals surface area contributed by atoms with Crippen molar-refractivity contribution in [3.8, 4) is 0 Å². The Balaban J connectivity index is 2.22. The maximum atomic E-state index is 10.2. The second-order valence-corrected chi connectivity index (χ2v) is 4.50. The molecule has 0 fully saturated rings. The van der Waals surface area contributed by atoms with Crippen molar-refractivity contribution in [2.45, 2.75) is 12.2 Å². The second kappa shape index (κ2) is 7.31. The molecule has 0 aromatic heterocycles. The summed E-state index contributed by atoms with van der Waals surface area (Å²) < 4.78 is 0. The summed E-state index contributed by atoms with van der Waals surface area (Å²) in [6, 6.07) is 16.7. The molecular weight excluding hydrogens is 268 g/mol. The highest BCUT2D eigenvalue weighted by molar-refractivity contribution is 5.63. The fraction of sp³-hybridized carbons (Fsp3) is 0.200. The third-order valence-electron chi connectivity index (χ3n) is 3.03. The number of benzene rings is 2. The first-order valence-corrected chi connectivity index (χ1v) is 6.50. The van der Waals surface area contributed by atoms with Crippen LogP contribution in [-0.2, 0) is 0 Å². The smallest absolute Gasteiger partial charge is 0.107 e. The van der Waals surface area contributed by atoms with Crippen molar-refractivity contribution in [2.24, 2.45) is 5.11 Å². The molecule has 0 aliphatic rings. The van der Waals surface area contributed by atoms with Crippen LogP contribution in [0.3, 0.4) is 0 Å². The third kappa shape index (κ3) is 3.97. The fourth-order valence-corrected chi connectivity index (χ4v) is 1.97. The van der Waals surface area contributed by atoms with Gasteiger partial charge in [0, 0.05) is 21.8 Å². The lowest BCUT2D eigenvalue weighted by atomic mass is 10.0. The van der Waals surface area contributed by atoms with Gasteiger partial charge in [-0.15, -0.1) is 0 Å². The number of azide groups is 1. The normalized spacial score (nSPS) is 13.0. The van der Waals surface area contributed by atoms with Crippen LogP contribution in [0.15, 0.2) is 59.7 Å². The average Bonchev–Trinajstić information content (AvgIpc) is 2.53. The van der Waals surface area contributed by atoms with Crippen molar-refractivity contribution < 1.29 is 10.2 Å². The van der Waals surface area contributed by atoms with Crippen molar-refractivity contribution in [1.82, 2.24) is 0 Å². The highest BCUT2D eigenvalue weighted by atomic mass is 16.3. The minimum atomic E-state index is -1.15. The second-order valence-electron chi connectivity index (χ2n) is 4.50. The van der Waals surface area contributed by atoms with Gasteiger partial charge in [-0.1, -0.05) is 41.5 Å². The van der Waals surface area contributed by atoms with Gasteiger partial charge in [0.05, 0.1) is 12.6 Å². The third-order valence-corrected chi connectivity index (χ3v) is 3.03. The molecule has 0 amide bonds. The first kappa shape index (κ1) is 14.9. The van der Waals surface area contributed by atoms with Gasteiger partial charge in [-0.25, -0.2) is 0 Å². The van der Waals surface area contributed by atoms with Gasteiger partial charge < -0.3 is 15.5 Å². The van der Waals surface area contributed by atoms with Crippen LogP contribution in [-0.4, -0.2) is 22.9 Å². The van der Waals surface area contributed by atoms with E-state index in [9.17, 15) is 10.2 Å². The van der Waals surface area contributed by atoms with Crippen molar-refractivity contribution in [1.29, 1.82) is 0 Å². The molecule has 6 heteroatoms. The quantitative estimate of drug-likeness (QED) is 0.431. The largest absolute Gasteiger partial charge is 0.390 e. The monoisotopic (exact) mass is 284 g/mol. The Kier molecular flexibility index (Phi) is 5.17. The number of nitrogens with zero attached hydrogens (tertiary/aromatic N) is 3. The molecule has 2 rings (SSSR count). The molecular formula is C15H16N4O2. The first-order valence-electron chi connectivity index (χ1n) is 6.50. The standard InChI is InChI=1S/C15H16N4O2/c16-19-17-10-14(20)15(21)12-8-4-5-9-13(12)18-11-6-2-1-3-7-11/h1-9,14-15,18,20-21H,10H2. The molecule has 2 atom stereocenters. The Morgan fingerprint density at radius 1 is 1.05 bits per heavy atom. The Labute approximate surface area is 122 Å². The van der Waals surface area contributed by atoms with E-state index in [1.807, 2.05) is 42.5 Å². The summed E-state index contributed by atoms with van der Waals surface area (Å²) >= 11 is 0. The van der Waals surface area contributed by atoms with Crippen LogP contribution in [0.2, 0.25) is 0 Å². The van der Waals surface area contributed by atoms with Crippen LogP contribution in [0.4, 0.5) is 11.4 Å². The van der Waals surface area contributed by atoms with E-state index in [0.717, 1.165) is 5.69 Å². The van der Waals surface area contributed by atoms with Crippen molar-refractivity contribution in [3.05, 3.63) is 70.6 Å². The number of aliphatic hydroxyl groups is 2. The Bertz CT molecular complexity index is 627. The highest BCUT2D eigenvalue weighted by Gasteiger charge is 2.20. The number of nitrogens with one attached hydrogen (secondary N) is 1. The molecule has 2 unspecified atom stereocenters. The van der Waals surface area contributed by atoms with Gasteiger partial charge in [0.15, 0.2) is 0 Å². The zero-order chi connectivity index (χ0) is 15.1. The molecule has 0 bridgehead atoms. The van der Waals surface area contributed by atoms with Crippen LogP contribution >= 0.6 is 0 Å². The van der Waals surface area contributed by atoms with Crippen molar-refractivity contribution in [2.75, 3.05) is 11.9 Å². The molecule has 108 valence electrons. The zero-order valence-electron chi connectivity index (χ0n) is 11.3. The van der Waals surface area contributed by atoms with Gasteiger partial charge in [-0.3, -0.25) is 0 Å². The van der Waals surface area contributed by atoms with Gasteiger partial charge in [0.25, 0.3) is 0 Å². The topological polar surface area (TPSA) is 101 Å². The maximum absolute atomic E-state index is 10.2. The molecule has 6 nitrogen and oxygen atoms in total. The van der Waals surface area contributed by atoms with Crippen LogP contribution in [0.5, 0.6) is 0 Å². The molecule has 0 aliphatic carbocycles. The van der Waals surface area contributed by atoms with Crippen LogP contribution < -0.4 is 5.32 Å². The molecule has 0 radical (unpaired) electrons. The summed E-state index contributed by atoms with van der Waals surface area (Å²) in [5.74, 6) is 0. The van der Waals surface area contributed by atoms with E-state index < -0.39 is 12.2 Å². The molecule has 2 aromatic carbocycles. The SMILES string of the molecule is [N-]=[N+]=NCC(O)C(O)c1ccccc1Nc1ccccc1. The summed E-state index contributed by atoms with van der Waals surface area (Å²) in [6.07, 6.45) is -2.29. The Hall–Kier alpha value is -2.53. The Morgan fingerprint density at radius 3 is 2.43 bits per heavy atom. The lowest BCUT2D eigenvalue weighted by molar-refractivity contribution is 0.0248. The van der Waals surface area contributed by atoms with Crippen LogP contribution in [0.25, 0.3) is 10.4 Å². The first-order chi connectivity index (χ1) is 10.2. The predicted octanol–water partition coefficient (Wildman–Crippen LogP) is 3.13. The summed E-state index contributed by atoms with van der Waals surface area (Å²) in [6.45, 7) is -0.183. The van der Waals surface area contributed by atoms with Crippen LogP contribution in [0.1, 0.15) is 11.7 Å². The lowest BCUT2D eigenvalue weighted by Gasteiger charge is -2.20. The lowest BCUT2D eigenvalue weighted by Crippen LogP contribution is -2.21. The minimum Gasteiger partial charge on any atom is -0.390 e. The van der Waals surface area contributed by atoms with E-state index in [-0.39, 0.29) is 6.54 Å². The molecule has 0 saturated heterocycles. The fourth-order valence-electron chi connectivity index (χ4n) is 1.97. The van der Waals surface area contributed by atoms with Gasteiger partial charge in [0.1, 0.15) is 6.10 Å². The van der Waals surface area contributed by atoms with E-state index >= 15 is 0 Å². The van der Waals surface area contributed by atoms with E-state index in [4.69, 9.17) is 5.53 Å². The maximum Gasteiger partial charge on any atom is 0.107 e. The molecule has 21 heavy (non-hydrogen) atoms. The predicted molar refractivity (Wildman–Crippen MR) is 81.1 cm³/mol. The molecule has 2 aromatic rings. The molecule has 0 aliphatic heterocycles. The molecule has 0 saturated carbocycles. The number of hydrogen-bond acceptors (Lipinski definition) is 4. The van der Waals surface area contributed by atoms with Gasteiger partial charge in [0.2, 0.25) is 0 Å². The van der Waals surface area contributed by atoms with Crippen molar-refractivity contribution >= 4 is 11.4 Å². The van der Waals surface area contributed by atoms with Crippen molar-refractivity contribution in [3.63, 3.8) is 0 Å². The number of hydrogen-bond donors (Lipinski definition) is 3. The zero-order valence-corrected chi connectivity index (χ0v) is 11.3. The van der Waals surface area contributed by atoms with E-state index in [0.29, 0.717) is 11.3 Å². The number of aliphatic hydroxyl groups excluding tert-OH is 2. The molecule has 0 heterocycles. The average molecular weight is 284 g/mol. The van der Waals surface area contributed by atoms with Gasteiger partial charge in [-0.2, -0.15) is 0 Å². The summed E-state index contributed by atoms with van der Waals surface area (Å²) in [5.41, 5.74) is 10.4. The minimum absolute atomic E-state index is 0.183. The van der Waals surface area contributed by atoms with Gasteiger partial charge >= 0.3 is 0 Å². The van der Waals surface area contributed by atoms with Gasteiger partial charge in [-0.05, 0) is 23.7 Å². The summed E-state index contributed by atoms with van der Waals surface area (Å²) in [4.78, 5) is 2.58. The van der Waals surface area contributed by atoms with E-state index in [2.05, 4.69) is 15.3 Å². The number of rotatable bonds is 6. The summed E-state index contributed by atoms with van der Waals surface area (Å²) in [7, 11) is 0. The number of para-hydroxylation sites is 2. The van der Waals surface area contributed by atoms with Crippen LogP contribution in [0, 0.1) is 0 Å². The number of anilines is 2. The highest BCUT2D eigenvalue weighted by Crippen LogP contribution is 2.28. The molecule has 3 N–H and O–H groups in total. The molecule has 0 spiro atoms. The summed E-state index contributed by atoms with van der Waals surface area (Å²) in [5, 5.41) is 26.5. The van der Waals surface area contributed by atoms with E-state index in [1.54, 1.807) is 12.1 Å². The van der Waals surface area contributed by atoms with E-state index in [1.165, 1.54) is 0 Å².